The van der Waals surface area contributed by atoms with E-state index in [1.165, 1.54) is 0 Å². The lowest BCUT2D eigenvalue weighted by molar-refractivity contribution is 0.200. The molecule has 0 bridgehead atoms. The first-order valence-electron chi connectivity index (χ1n) is 4.58. The van der Waals surface area contributed by atoms with Gasteiger partial charge in [0.2, 0.25) is 0 Å². The van der Waals surface area contributed by atoms with Gasteiger partial charge in [0.25, 0.3) is 0 Å². The summed E-state index contributed by atoms with van der Waals surface area (Å²) < 4.78 is 4.97. The Balaban J connectivity index is 3.24. The van der Waals surface area contributed by atoms with Crippen LogP contribution >= 0.6 is 11.8 Å². The van der Waals surface area contributed by atoms with E-state index in [1.807, 2.05) is 11.8 Å². The van der Waals surface area contributed by atoms with E-state index in [9.17, 15) is 0 Å². The molecule has 0 radical (unpaired) electrons. The Hall–Kier alpha value is 0.270. The minimum absolute atomic E-state index is 0.345. The van der Waals surface area contributed by atoms with Crippen molar-refractivity contribution in [2.24, 2.45) is 5.73 Å². The van der Waals surface area contributed by atoms with E-state index >= 15 is 0 Å². The highest BCUT2D eigenvalue weighted by atomic mass is 32.2. The van der Waals surface area contributed by atoms with Gasteiger partial charge in [0, 0.05) is 25.0 Å². The fraction of sp³-hybridized carbons (Fsp3) is 1.00. The van der Waals surface area contributed by atoms with Gasteiger partial charge in [-0.2, -0.15) is 11.8 Å². The Morgan fingerprint density at radius 1 is 1.50 bits per heavy atom. The molecule has 0 heterocycles. The van der Waals surface area contributed by atoms with E-state index < -0.39 is 0 Å². The number of hydrogen-bond acceptors (Lipinski definition) is 3. The maximum atomic E-state index is 5.88. The third-order valence-electron chi connectivity index (χ3n) is 1.95. The summed E-state index contributed by atoms with van der Waals surface area (Å²) in [5.41, 5.74) is 5.88. The summed E-state index contributed by atoms with van der Waals surface area (Å²) in [7, 11) is 1.74. The molecule has 0 aliphatic rings. The molecule has 3 heteroatoms. The van der Waals surface area contributed by atoms with Crippen molar-refractivity contribution < 1.29 is 4.74 Å². The normalized spacial score (nSPS) is 16.0. The summed E-state index contributed by atoms with van der Waals surface area (Å²) in [5, 5.41) is 0.576. The topological polar surface area (TPSA) is 35.2 Å². The SMILES string of the molecule is CCC(N)C(C)SCCCOC. The molecule has 0 aromatic rings. The minimum Gasteiger partial charge on any atom is -0.385 e. The van der Waals surface area contributed by atoms with Crippen molar-refractivity contribution >= 4 is 11.8 Å². The van der Waals surface area contributed by atoms with Crippen molar-refractivity contribution in [3.05, 3.63) is 0 Å². The van der Waals surface area contributed by atoms with Crippen molar-refractivity contribution in [2.75, 3.05) is 19.5 Å². The zero-order valence-electron chi connectivity index (χ0n) is 8.38. The maximum absolute atomic E-state index is 5.88. The van der Waals surface area contributed by atoms with E-state index in [0.29, 0.717) is 11.3 Å². The molecule has 0 aliphatic heterocycles. The number of thioether (sulfide) groups is 1. The monoisotopic (exact) mass is 191 g/mol. The Kier molecular flexibility index (Phi) is 8.07. The van der Waals surface area contributed by atoms with Crippen molar-refractivity contribution in [3.8, 4) is 0 Å². The number of methoxy groups -OCH3 is 1. The lowest BCUT2D eigenvalue weighted by Crippen LogP contribution is -2.29. The van der Waals surface area contributed by atoms with Crippen LogP contribution in [0.1, 0.15) is 26.7 Å². The highest BCUT2D eigenvalue weighted by molar-refractivity contribution is 7.99. The number of rotatable bonds is 7. The van der Waals surface area contributed by atoms with Crippen molar-refractivity contribution in [3.63, 3.8) is 0 Å². The molecule has 0 aliphatic carbocycles. The van der Waals surface area contributed by atoms with Gasteiger partial charge in [-0.3, -0.25) is 0 Å². The molecule has 2 unspecified atom stereocenters. The van der Waals surface area contributed by atoms with Gasteiger partial charge in [0.05, 0.1) is 0 Å². The first kappa shape index (κ1) is 12.3. The standard InChI is InChI=1S/C9H21NOS/c1-4-9(10)8(2)12-7-5-6-11-3/h8-9H,4-7,10H2,1-3H3. The highest BCUT2D eigenvalue weighted by Gasteiger charge is 2.09. The molecule has 2 atom stereocenters. The van der Waals surface area contributed by atoms with Gasteiger partial charge < -0.3 is 10.5 Å². The summed E-state index contributed by atoms with van der Waals surface area (Å²) in [6.45, 7) is 5.20. The molecule has 74 valence electrons. The zero-order valence-corrected chi connectivity index (χ0v) is 9.19. The maximum Gasteiger partial charge on any atom is 0.0470 e. The Bertz CT molecular complexity index is 101. The summed E-state index contributed by atoms with van der Waals surface area (Å²) in [4.78, 5) is 0. The van der Waals surface area contributed by atoms with Gasteiger partial charge >= 0.3 is 0 Å². The zero-order chi connectivity index (χ0) is 9.40. The second kappa shape index (κ2) is 7.90. The van der Waals surface area contributed by atoms with Gasteiger partial charge in [-0.15, -0.1) is 0 Å². The fourth-order valence-electron chi connectivity index (χ4n) is 0.928. The second-order valence-electron chi connectivity index (χ2n) is 2.99. The number of hydrogen-bond donors (Lipinski definition) is 1. The average Bonchev–Trinajstić information content (AvgIpc) is 2.10. The summed E-state index contributed by atoms with van der Waals surface area (Å²) in [5.74, 6) is 1.16. The third-order valence-corrected chi connectivity index (χ3v) is 3.35. The van der Waals surface area contributed by atoms with Crippen LogP contribution in [-0.2, 0) is 4.74 Å². The fourth-order valence-corrected chi connectivity index (χ4v) is 2.02. The molecular formula is C9H21NOS. The molecule has 12 heavy (non-hydrogen) atoms. The van der Waals surface area contributed by atoms with Gasteiger partial charge in [-0.25, -0.2) is 0 Å². The molecule has 0 aromatic heterocycles. The van der Waals surface area contributed by atoms with Gasteiger partial charge in [-0.1, -0.05) is 13.8 Å². The molecule has 0 spiro atoms. The quantitative estimate of drug-likeness (QED) is 0.624. The van der Waals surface area contributed by atoms with Crippen LogP contribution in [0.2, 0.25) is 0 Å². The Morgan fingerprint density at radius 3 is 2.67 bits per heavy atom. The summed E-state index contributed by atoms with van der Waals surface area (Å²) in [6.07, 6.45) is 2.19. The molecule has 0 aromatic carbocycles. The van der Waals surface area contributed by atoms with E-state index in [-0.39, 0.29) is 0 Å². The molecule has 0 rings (SSSR count). The van der Waals surface area contributed by atoms with Crippen LogP contribution < -0.4 is 5.73 Å². The summed E-state index contributed by atoms with van der Waals surface area (Å²) in [6, 6.07) is 0.345. The van der Waals surface area contributed by atoms with E-state index in [4.69, 9.17) is 10.5 Å². The van der Waals surface area contributed by atoms with Crippen molar-refractivity contribution in [2.45, 2.75) is 38.0 Å². The van der Waals surface area contributed by atoms with Crippen LogP contribution in [-0.4, -0.2) is 30.8 Å². The Morgan fingerprint density at radius 2 is 2.17 bits per heavy atom. The highest BCUT2D eigenvalue weighted by Crippen LogP contribution is 2.15. The number of nitrogens with two attached hydrogens (primary N) is 1. The molecule has 0 saturated carbocycles. The van der Waals surface area contributed by atoms with E-state index in [0.717, 1.165) is 25.2 Å². The van der Waals surface area contributed by atoms with Crippen molar-refractivity contribution in [1.82, 2.24) is 0 Å². The molecular weight excluding hydrogens is 170 g/mol. The number of ether oxygens (including phenoxy) is 1. The summed E-state index contributed by atoms with van der Waals surface area (Å²) >= 11 is 1.94. The lowest BCUT2D eigenvalue weighted by Gasteiger charge is -2.17. The molecule has 2 nitrogen and oxygen atoms in total. The van der Waals surface area contributed by atoms with Crippen LogP contribution in [0.4, 0.5) is 0 Å². The van der Waals surface area contributed by atoms with Crippen LogP contribution in [0.3, 0.4) is 0 Å². The lowest BCUT2D eigenvalue weighted by atomic mass is 10.2. The van der Waals surface area contributed by atoms with E-state index in [2.05, 4.69) is 13.8 Å². The second-order valence-corrected chi connectivity index (χ2v) is 4.48. The van der Waals surface area contributed by atoms with E-state index in [1.54, 1.807) is 7.11 Å². The van der Waals surface area contributed by atoms with Gasteiger partial charge in [-0.05, 0) is 18.6 Å². The average molecular weight is 191 g/mol. The Labute approximate surface area is 80.2 Å². The molecule has 0 amide bonds. The predicted octanol–water partition coefficient (Wildman–Crippen LogP) is 1.88. The molecule has 0 saturated heterocycles. The largest absolute Gasteiger partial charge is 0.385 e. The molecule has 2 N–H and O–H groups in total. The predicted molar refractivity (Wildman–Crippen MR) is 56.7 cm³/mol. The van der Waals surface area contributed by atoms with Crippen LogP contribution in [0.15, 0.2) is 0 Å². The first-order chi connectivity index (χ1) is 5.72. The van der Waals surface area contributed by atoms with Crippen molar-refractivity contribution in [1.29, 1.82) is 0 Å². The van der Waals surface area contributed by atoms with Crippen LogP contribution in [0.5, 0.6) is 0 Å². The molecule has 0 fully saturated rings. The van der Waals surface area contributed by atoms with Gasteiger partial charge in [0.15, 0.2) is 0 Å². The smallest absolute Gasteiger partial charge is 0.0470 e. The third kappa shape index (κ3) is 5.86. The van der Waals surface area contributed by atoms with Crippen LogP contribution in [0, 0.1) is 0 Å². The first-order valence-corrected chi connectivity index (χ1v) is 5.63. The van der Waals surface area contributed by atoms with Gasteiger partial charge in [0.1, 0.15) is 0 Å². The minimum atomic E-state index is 0.345. The van der Waals surface area contributed by atoms with Crippen LogP contribution in [0.25, 0.3) is 0 Å².